The van der Waals surface area contributed by atoms with E-state index in [2.05, 4.69) is 9.88 Å². The predicted octanol–water partition coefficient (Wildman–Crippen LogP) is 2.72. The van der Waals surface area contributed by atoms with E-state index >= 15 is 0 Å². The number of rotatable bonds is 5. The average Bonchev–Trinajstić information content (AvgIpc) is 2.66. The Morgan fingerprint density at radius 2 is 2.08 bits per heavy atom. The van der Waals surface area contributed by atoms with Crippen molar-refractivity contribution in [1.82, 2.24) is 9.88 Å². The average molecular weight is 343 g/mol. The molecule has 1 saturated heterocycles. The van der Waals surface area contributed by atoms with Crippen LogP contribution in [-0.4, -0.2) is 48.6 Å². The monoisotopic (exact) mass is 343 g/mol. The highest BCUT2D eigenvalue weighted by molar-refractivity contribution is 5.98. The second kappa shape index (κ2) is 8.07. The number of nitrogens with zero attached hydrogens (tertiary/aromatic N) is 3. The first-order valence-corrected chi connectivity index (χ1v) is 8.50. The van der Waals surface area contributed by atoms with Crippen LogP contribution >= 0.6 is 0 Å². The number of carbonyl (C=O) groups is 1. The summed E-state index contributed by atoms with van der Waals surface area (Å²) in [5.41, 5.74) is 1.34. The van der Waals surface area contributed by atoms with E-state index in [1.807, 2.05) is 13.0 Å². The molecule has 2 heterocycles. The van der Waals surface area contributed by atoms with Crippen molar-refractivity contribution in [1.29, 1.82) is 0 Å². The van der Waals surface area contributed by atoms with Crippen molar-refractivity contribution in [2.24, 2.45) is 0 Å². The maximum Gasteiger partial charge on any atom is 0.257 e. The van der Waals surface area contributed by atoms with Crippen LogP contribution in [0.2, 0.25) is 0 Å². The minimum Gasteiger partial charge on any atom is -0.378 e. The smallest absolute Gasteiger partial charge is 0.257 e. The fourth-order valence-electron chi connectivity index (χ4n) is 2.94. The van der Waals surface area contributed by atoms with Crippen molar-refractivity contribution in [2.45, 2.75) is 13.5 Å². The molecule has 1 aromatic carbocycles. The molecule has 2 aromatic rings. The summed E-state index contributed by atoms with van der Waals surface area (Å²) in [4.78, 5) is 21.3. The molecular formula is C19H22FN3O2. The molecule has 3 rings (SSSR count). The van der Waals surface area contributed by atoms with Crippen molar-refractivity contribution in [3.63, 3.8) is 0 Å². The Hall–Kier alpha value is -2.47. The van der Waals surface area contributed by atoms with Gasteiger partial charge in [0.05, 0.1) is 18.8 Å². The number of pyridine rings is 1. The van der Waals surface area contributed by atoms with Crippen LogP contribution in [0.4, 0.5) is 10.2 Å². The molecule has 0 saturated carbocycles. The lowest BCUT2D eigenvalue weighted by Gasteiger charge is -2.30. The van der Waals surface area contributed by atoms with Gasteiger partial charge in [0.25, 0.3) is 5.91 Å². The van der Waals surface area contributed by atoms with E-state index in [1.54, 1.807) is 29.3 Å². The number of hydrogen-bond acceptors (Lipinski definition) is 4. The summed E-state index contributed by atoms with van der Waals surface area (Å²) in [6, 6.07) is 9.92. The Kier molecular flexibility index (Phi) is 5.60. The SMILES string of the molecule is CCN(Cc1cccc(F)c1)C(=O)c1cccnc1N1CCOCC1. The van der Waals surface area contributed by atoms with Gasteiger partial charge in [-0.2, -0.15) is 0 Å². The molecule has 1 fully saturated rings. The highest BCUT2D eigenvalue weighted by atomic mass is 19.1. The maximum atomic E-state index is 13.4. The molecule has 0 aliphatic carbocycles. The number of halogens is 1. The molecular weight excluding hydrogens is 321 g/mol. The largest absolute Gasteiger partial charge is 0.378 e. The van der Waals surface area contributed by atoms with Crippen molar-refractivity contribution >= 4 is 11.7 Å². The predicted molar refractivity (Wildman–Crippen MR) is 94.1 cm³/mol. The molecule has 0 bridgehead atoms. The number of morpholine rings is 1. The highest BCUT2D eigenvalue weighted by Crippen LogP contribution is 2.21. The van der Waals surface area contributed by atoms with Gasteiger partial charge in [0.15, 0.2) is 0 Å². The van der Waals surface area contributed by atoms with Gasteiger partial charge in [-0.25, -0.2) is 9.37 Å². The molecule has 0 spiro atoms. The zero-order chi connectivity index (χ0) is 17.6. The lowest BCUT2D eigenvalue weighted by molar-refractivity contribution is 0.0751. The van der Waals surface area contributed by atoms with E-state index in [-0.39, 0.29) is 11.7 Å². The third-order valence-electron chi connectivity index (χ3n) is 4.26. The summed E-state index contributed by atoms with van der Waals surface area (Å²) in [5, 5.41) is 0. The highest BCUT2D eigenvalue weighted by Gasteiger charge is 2.23. The van der Waals surface area contributed by atoms with Crippen LogP contribution in [0.1, 0.15) is 22.8 Å². The Balaban J connectivity index is 1.83. The van der Waals surface area contributed by atoms with E-state index < -0.39 is 0 Å². The quantitative estimate of drug-likeness (QED) is 0.837. The fraction of sp³-hybridized carbons (Fsp3) is 0.368. The third kappa shape index (κ3) is 4.14. The third-order valence-corrected chi connectivity index (χ3v) is 4.26. The normalized spacial score (nSPS) is 14.4. The Bertz CT molecular complexity index is 732. The van der Waals surface area contributed by atoms with Gasteiger partial charge >= 0.3 is 0 Å². The first kappa shape index (κ1) is 17.4. The molecule has 1 aliphatic heterocycles. The van der Waals surface area contributed by atoms with Crippen LogP contribution in [0.5, 0.6) is 0 Å². The topological polar surface area (TPSA) is 45.7 Å². The van der Waals surface area contributed by atoms with Crippen LogP contribution in [-0.2, 0) is 11.3 Å². The van der Waals surface area contributed by atoms with Crippen molar-refractivity contribution in [3.05, 3.63) is 59.5 Å². The summed E-state index contributed by atoms with van der Waals surface area (Å²) in [6.07, 6.45) is 1.70. The summed E-state index contributed by atoms with van der Waals surface area (Å²) in [5.74, 6) is 0.297. The molecule has 0 atom stereocenters. The van der Waals surface area contributed by atoms with Gasteiger partial charge in [-0.15, -0.1) is 0 Å². The molecule has 5 nitrogen and oxygen atoms in total. The van der Waals surface area contributed by atoms with Crippen molar-refractivity contribution in [2.75, 3.05) is 37.7 Å². The van der Waals surface area contributed by atoms with Gasteiger partial charge in [-0.05, 0) is 36.8 Å². The zero-order valence-electron chi connectivity index (χ0n) is 14.3. The van der Waals surface area contributed by atoms with Crippen molar-refractivity contribution in [3.8, 4) is 0 Å². The Morgan fingerprint density at radius 3 is 2.80 bits per heavy atom. The molecule has 0 N–H and O–H groups in total. The lowest BCUT2D eigenvalue weighted by Crippen LogP contribution is -2.39. The standard InChI is InChI=1S/C19H22FN3O2/c1-2-22(14-15-5-3-6-16(20)13-15)19(24)17-7-4-8-21-18(17)23-9-11-25-12-10-23/h3-8,13H,2,9-12,14H2,1H3. The Morgan fingerprint density at radius 1 is 1.28 bits per heavy atom. The summed E-state index contributed by atoms with van der Waals surface area (Å²) in [6.45, 7) is 5.51. The minimum atomic E-state index is -0.295. The number of anilines is 1. The van der Waals surface area contributed by atoms with E-state index in [0.29, 0.717) is 50.8 Å². The van der Waals surface area contributed by atoms with Crippen LogP contribution in [0.15, 0.2) is 42.6 Å². The molecule has 1 amide bonds. The fourth-order valence-corrected chi connectivity index (χ4v) is 2.94. The molecule has 6 heteroatoms. The summed E-state index contributed by atoms with van der Waals surface area (Å²) < 4.78 is 18.8. The van der Waals surface area contributed by atoms with Gasteiger partial charge in [0.1, 0.15) is 11.6 Å². The van der Waals surface area contributed by atoms with Crippen LogP contribution < -0.4 is 4.90 Å². The van der Waals surface area contributed by atoms with Crippen LogP contribution in [0, 0.1) is 5.82 Å². The molecule has 1 aliphatic rings. The second-order valence-corrected chi connectivity index (χ2v) is 5.92. The number of benzene rings is 1. The first-order valence-electron chi connectivity index (χ1n) is 8.50. The number of amides is 1. The maximum absolute atomic E-state index is 13.4. The second-order valence-electron chi connectivity index (χ2n) is 5.92. The Labute approximate surface area is 147 Å². The molecule has 0 unspecified atom stereocenters. The number of hydrogen-bond donors (Lipinski definition) is 0. The van der Waals surface area contributed by atoms with Crippen molar-refractivity contribution < 1.29 is 13.9 Å². The minimum absolute atomic E-state index is 0.0960. The summed E-state index contributed by atoms with van der Waals surface area (Å²) >= 11 is 0. The van der Waals surface area contributed by atoms with Gasteiger partial charge in [0.2, 0.25) is 0 Å². The van der Waals surface area contributed by atoms with Gasteiger partial charge in [-0.1, -0.05) is 12.1 Å². The molecule has 132 valence electrons. The van der Waals surface area contributed by atoms with Crippen LogP contribution in [0.3, 0.4) is 0 Å². The van der Waals surface area contributed by atoms with E-state index in [4.69, 9.17) is 4.74 Å². The van der Waals surface area contributed by atoms with Crippen LogP contribution in [0.25, 0.3) is 0 Å². The van der Waals surface area contributed by atoms with E-state index in [1.165, 1.54) is 12.1 Å². The molecule has 25 heavy (non-hydrogen) atoms. The molecule has 1 aromatic heterocycles. The van der Waals surface area contributed by atoms with Gasteiger partial charge in [-0.3, -0.25) is 4.79 Å². The first-order chi connectivity index (χ1) is 12.2. The van der Waals surface area contributed by atoms with Gasteiger partial charge < -0.3 is 14.5 Å². The number of aromatic nitrogens is 1. The number of ether oxygens (including phenoxy) is 1. The number of carbonyl (C=O) groups excluding carboxylic acids is 1. The summed E-state index contributed by atoms with van der Waals surface area (Å²) in [7, 11) is 0. The van der Waals surface area contributed by atoms with E-state index in [9.17, 15) is 9.18 Å². The van der Waals surface area contributed by atoms with Gasteiger partial charge in [0, 0.05) is 32.4 Å². The molecule has 0 radical (unpaired) electrons. The lowest BCUT2D eigenvalue weighted by atomic mass is 10.1. The zero-order valence-corrected chi connectivity index (χ0v) is 14.3. The van der Waals surface area contributed by atoms with E-state index in [0.717, 1.165) is 5.56 Å².